The Labute approximate surface area is 103 Å². The molecule has 2 N–H and O–H groups in total. The van der Waals surface area contributed by atoms with Crippen molar-refractivity contribution in [1.29, 1.82) is 0 Å². The van der Waals surface area contributed by atoms with Crippen LogP contribution in [0.15, 0.2) is 30.3 Å². The summed E-state index contributed by atoms with van der Waals surface area (Å²) in [6, 6.07) is 10.4. The lowest BCUT2D eigenvalue weighted by atomic mass is 10.00. The third kappa shape index (κ3) is 2.51. The minimum Gasteiger partial charge on any atom is -0.395 e. The Morgan fingerprint density at radius 2 is 2.00 bits per heavy atom. The molecule has 1 aliphatic heterocycles. The first-order valence-corrected chi connectivity index (χ1v) is 6.22. The molecule has 1 aromatic carbocycles. The van der Waals surface area contributed by atoms with E-state index in [-0.39, 0.29) is 24.8 Å². The molecule has 2 atom stereocenters. The minimum absolute atomic E-state index is 0.149. The molecular formula is C14H21NO2. The fourth-order valence-corrected chi connectivity index (χ4v) is 2.68. The fourth-order valence-electron chi connectivity index (χ4n) is 2.68. The van der Waals surface area contributed by atoms with Gasteiger partial charge in [-0.25, -0.2) is 0 Å². The van der Waals surface area contributed by atoms with E-state index in [1.807, 2.05) is 18.2 Å². The maximum absolute atomic E-state index is 9.56. The van der Waals surface area contributed by atoms with Gasteiger partial charge in [0.15, 0.2) is 0 Å². The zero-order valence-electron chi connectivity index (χ0n) is 10.3. The van der Waals surface area contributed by atoms with Gasteiger partial charge < -0.3 is 10.2 Å². The van der Waals surface area contributed by atoms with E-state index in [9.17, 15) is 10.2 Å². The lowest BCUT2D eigenvalue weighted by Crippen LogP contribution is -2.48. The molecule has 0 aromatic heterocycles. The third-order valence-corrected chi connectivity index (χ3v) is 3.90. The number of hydrogen-bond donors (Lipinski definition) is 2. The van der Waals surface area contributed by atoms with Crippen LogP contribution in [0.5, 0.6) is 0 Å². The van der Waals surface area contributed by atoms with Crippen molar-refractivity contribution < 1.29 is 10.2 Å². The summed E-state index contributed by atoms with van der Waals surface area (Å²) >= 11 is 0. The van der Waals surface area contributed by atoms with Crippen LogP contribution in [0, 0.1) is 0 Å². The van der Waals surface area contributed by atoms with Crippen LogP contribution in [0.3, 0.4) is 0 Å². The van der Waals surface area contributed by atoms with Crippen molar-refractivity contribution in [2.75, 3.05) is 13.2 Å². The molecule has 17 heavy (non-hydrogen) atoms. The highest BCUT2D eigenvalue weighted by molar-refractivity contribution is 5.16. The number of benzene rings is 1. The molecule has 0 aliphatic carbocycles. The van der Waals surface area contributed by atoms with Crippen molar-refractivity contribution in [2.24, 2.45) is 0 Å². The Morgan fingerprint density at radius 3 is 2.59 bits per heavy atom. The van der Waals surface area contributed by atoms with Crippen LogP contribution in [0.25, 0.3) is 0 Å². The average molecular weight is 235 g/mol. The monoisotopic (exact) mass is 235 g/mol. The molecule has 94 valence electrons. The van der Waals surface area contributed by atoms with Gasteiger partial charge in [-0.15, -0.1) is 0 Å². The predicted molar refractivity (Wildman–Crippen MR) is 67.6 cm³/mol. The first kappa shape index (κ1) is 12.6. The van der Waals surface area contributed by atoms with Crippen LogP contribution >= 0.6 is 0 Å². The van der Waals surface area contributed by atoms with Gasteiger partial charge in [0.25, 0.3) is 0 Å². The smallest absolute Gasteiger partial charge is 0.0613 e. The van der Waals surface area contributed by atoms with Crippen molar-refractivity contribution in [2.45, 2.75) is 37.9 Å². The van der Waals surface area contributed by atoms with Crippen LogP contribution in [-0.4, -0.2) is 39.9 Å². The van der Waals surface area contributed by atoms with Crippen LogP contribution in [0.4, 0.5) is 0 Å². The van der Waals surface area contributed by atoms with E-state index in [0.717, 1.165) is 19.4 Å². The average Bonchev–Trinajstić information content (AvgIpc) is 2.69. The molecule has 0 spiro atoms. The van der Waals surface area contributed by atoms with Gasteiger partial charge in [-0.05, 0) is 25.3 Å². The summed E-state index contributed by atoms with van der Waals surface area (Å²) in [6.07, 6.45) is 1.90. The minimum atomic E-state index is -0.191. The van der Waals surface area contributed by atoms with Gasteiger partial charge in [-0.1, -0.05) is 30.3 Å². The molecule has 3 heteroatoms. The zero-order valence-corrected chi connectivity index (χ0v) is 10.3. The summed E-state index contributed by atoms with van der Waals surface area (Å²) in [6.45, 7) is 3.19. The van der Waals surface area contributed by atoms with Crippen molar-refractivity contribution in [3.8, 4) is 0 Å². The number of aliphatic hydroxyl groups is 2. The molecule has 0 bridgehead atoms. The summed E-state index contributed by atoms with van der Waals surface area (Å²) in [5, 5.41) is 19.0. The van der Waals surface area contributed by atoms with E-state index >= 15 is 0 Å². The van der Waals surface area contributed by atoms with Gasteiger partial charge in [-0.2, -0.15) is 0 Å². The zero-order chi connectivity index (χ0) is 12.3. The molecule has 3 nitrogen and oxygen atoms in total. The Kier molecular flexibility index (Phi) is 3.82. The normalized spacial score (nSPS) is 29.7. The van der Waals surface area contributed by atoms with Gasteiger partial charge in [0, 0.05) is 18.1 Å². The number of likely N-dealkylation sites (tertiary alicyclic amines) is 1. The molecule has 1 fully saturated rings. The fraction of sp³-hybridized carbons (Fsp3) is 0.571. The van der Waals surface area contributed by atoms with E-state index < -0.39 is 0 Å². The number of nitrogens with zero attached hydrogens (tertiary/aromatic N) is 1. The van der Waals surface area contributed by atoms with Gasteiger partial charge in [0.05, 0.1) is 13.2 Å². The van der Waals surface area contributed by atoms with E-state index in [1.165, 1.54) is 5.56 Å². The van der Waals surface area contributed by atoms with E-state index in [4.69, 9.17) is 0 Å². The molecule has 0 amide bonds. The topological polar surface area (TPSA) is 43.7 Å². The highest BCUT2D eigenvalue weighted by Gasteiger charge is 2.41. The Morgan fingerprint density at radius 1 is 1.29 bits per heavy atom. The number of aliphatic hydroxyl groups excluding tert-OH is 2. The standard InChI is InChI=1S/C14H21NO2/c1-14(11-17)8-7-13(10-16)15(14)9-12-5-3-2-4-6-12/h2-6,13,16-17H,7-11H2,1H3/t13-,14+/m0/s1. The van der Waals surface area contributed by atoms with Crippen LogP contribution in [0.2, 0.25) is 0 Å². The maximum Gasteiger partial charge on any atom is 0.0613 e. The van der Waals surface area contributed by atoms with E-state index in [1.54, 1.807) is 0 Å². The SMILES string of the molecule is C[C@]1(CO)CC[C@@H](CO)N1Cc1ccccc1. The highest BCUT2D eigenvalue weighted by Crippen LogP contribution is 2.34. The molecule has 1 heterocycles. The maximum atomic E-state index is 9.56. The third-order valence-electron chi connectivity index (χ3n) is 3.90. The predicted octanol–water partition coefficient (Wildman–Crippen LogP) is 1.39. The van der Waals surface area contributed by atoms with Crippen molar-refractivity contribution in [3.05, 3.63) is 35.9 Å². The Bertz CT molecular complexity index is 354. The molecule has 0 saturated carbocycles. The van der Waals surface area contributed by atoms with Crippen LogP contribution in [0.1, 0.15) is 25.3 Å². The summed E-state index contributed by atoms with van der Waals surface area (Å²) in [4.78, 5) is 2.24. The van der Waals surface area contributed by atoms with Crippen LogP contribution < -0.4 is 0 Å². The number of hydrogen-bond acceptors (Lipinski definition) is 3. The summed E-state index contributed by atoms with van der Waals surface area (Å²) in [5.41, 5.74) is 1.04. The van der Waals surface area contributed by atoms with Gasteiger partial charge in [-0.3, -0.25) is 4.90 Å². The van der Waals surface area contributed by atoms with E-state index in [2.05, 4.69) is 24.0 Å². The second kappa shape index (κ2) is 5.17. The first-order chi connectivity index (χ1) is 8.19. The highest BCUT2D eigenvalue weighted by atomic mass is 16.3. The quantitative estimate of drug-likeness (QED) is 0.829. The summed E-state index contributed by atoms with van der Waals surface area (Å²) in [7, 11) is 0. The molecular weight excluding hydrogens is 214 g/mol. The molecule has 0 radical (unpaired) electrons. The molecule has 2 rings (SSSR count). The number of rotatable bonds is 4. The lowest BCUT2D eigenvalue weighted by Gasteiger charge is -2.36. The van der Waals surface area contributed by atoms with Gasteiger partial charge in [0.2, 0.25) is 0 Å². The Hall–Kier alpha value is -0.900. The largest absolute Gasteiger partial charge is 0.395 e. The molecule has 1 saturated heterocycles. The van der Waals surface area contributed by atoms with Gasteiger partial charge in [0.1, 0.15) is 0 Å². The lowest BCUT2D eigenvalue weighted by molar-refractivity contribution is 0.0307. The van der Waals surface area contributed by atoms with Crippen molar-refractivity contribution >= 4 is 0 Å². The molecule has 1 aliphatic rings. The second-order valence-electron chi connectivity index (χ2n) is 5.14. The first-order valence-electron chi connectivity index (χ1n) is 6.22. The Balaban J connectivity index is 2.15. The summed E-state index contributed by atoms with van der Waals surface area (Å²) < 4.78 is 0. The van der Waals surface area contributed by atoms with Crippen molar-refractivity contribution in [1.82, 2.24) is 4.90 Å². The van der Waals surface area contributed by atoms with Crippen LogP contribution in [-0.2, 0) is 6.54 Å². The summed E-state index contributed by atoms with van der Waals surface area (Å²) in [5.74, 6) is 0. The van der Waals surface area contributed by atoms with Gasteiger partial charge >= 0.3 is 0 Å². The van der Waals surface area contributed by atoms with E-state index in [0.29, 0.717) is 0 Å². The molecule has 0 unspecified atom stereocenters. The van der Waals surface area contributed by atoms with Crippen molar-refractivity contribution in [3.63, 3.8) is 0 Å². The molecule has 1 aromatic rings. The second-order valence-corrected chi connectivity index (χ2v) is 5.14.